The van der Waals surface area contributed by atoms with Crippen molar-refractivity contribution in [1.82, 2.24) is 0 Å². The first-order chi connectivity index (χ1) is 15.8. The van der Waals surface area contributed by atoms with Gasteiger partial charge in [0.15, 0.2) is 11.8 Å². The Labute approximate surface area is 211 Å². The van der Waals surface area contributed by atoms with Crippen LogP contribution in [0.5, 0.6) is 0 Å². The minimum absolute atomic E-state index is 0.136. The average molecular weight is 526 g/mol. The molecule has 0 fully saturated rings. The molecule has 2 atom stereocenters. The molecule has 9 heteroatoms. The summed E-state index contributed by atoms with van der Waals surface area (Å²) in [5.41, 5.74) is 1.41. The topological polar surface area (TPSA) is 67.4 Å². The van der Waals surface area contributed by atoms with E-state index in [4.69, 9.17) is 51.1 Å². The molecule has 0 heterocycles. The van der Waals surface area contributed by atoms with Crippen LogP contribution in [0.15, 0.2) is 66.7 Å². The molecule has 0 radical (unpaired) electrons. The summed E-state index contributed by atoms with van der Waals surface area (Å²) in [6, 6.07) is 16.1. The Balaban J connectivity index is 2.04. The van der Waals surface area contributed by atoms with E-state index in [1.54, 1.807) is 73.7 Å². The molecule has 3 aromatic carbocycles. The smallest absolute Gasteiger partial charge is 0.331 e. The lowest BCUT2D eigenvalue weighted by Gasteiger charge is -2.28. The molecule has 2 N–H and O–H groups in total. The summed E-state index contributed by atoms with van der Waals surface area (Å²) < 4.78 is 5.28. The number of halogens is 4. The van der Waals surface area contributed by atoms with Crippen LogP contribution in [0, 0.1) is 0 Å². The van der Waals surface area contributed by atoms with Crippen molar-refractivity contribution in [3.8, 4) is 0 Å². The van der Waals surface area contributed by atoms with E-state index < -0.39 is 18.1 Å². The van der Waals surface area contributed by atoms with Crippen LogP contribution in [0.3, 0.4) is 0 Å². The molecule has 0 aliphatic rings. The summed E-state index contributed by atoms with van der Waals surface area (Å²) in [4.78, 5) is 26.6. The standard InChI is InChI=1S/C24H20Cl4N2O3/c1-2-33-24(32)22(30-16-9-11-18(26)20(28)13-16)21(23(31)14-6-4-3-5-7-14)29-15-8-10-17(25)19(27)12-15/h3-13,21-22,29-30H,2H2,1H3/t21-,22+/m0/s1. The summed E-state index contributed by atoms with van der Waals surface area (Å²) in [5.74, 6) is -0.947. The normalized spacial score (nSPS) is 12.5. The highest BCUT2D eigenvalue weighted by atomic mass is 35.5. The molecule has 3 aromatic rings. The maximum Gasteiger partial charge on any atom is 0.331 e. The van der Waals surface area contributed by atoms with Crippen LogP contribution < -0.4 is 10.6 Å². The van der Waals surface area contributed by atoms with Gasteiger partial charge in [0.2, 0.25) is 0 Å². The zero-order valence-corrected chi connectivity index (χ0v) is 20.5. The number of anilines is 2. The van der Waals surface area contributed by atoms with Gasteiger partial charge in [0, 0.05) is 16.9 Å². The third-order valence-corrected chi connectivity index (χ3v) is 6.18. The van der Waals surface area contributed by atoms with Gasteiger partial charge in [-0.05, 0) is 43.3 Å². The van der Waals surface area contributed by atoms with Gasteiger partial charge in [0.05, 0.1) is 26.7 Å². The molecule has 0 unspecified atom stereocenters. The predicted molar refractivity (Wildman–Crippen MR) is 135 cm³/mol. The summed E-state index contributed by atoms with van der Waals surface area (Å²) in [7, 11) is 0. The van der Waals surface area contributed by atoms with E-state index in [2.05, 4.69) is 10.6 Å². The van der Waals surface area contributed by atoms with Crippen LogP contribution in [0.4, 0.5) is 11.4 Å². The van der Waals surface area contributed by atoms with Crippen molar-refractivity contribution in [2.45, 2.75) is 19.0 Å². The minimum Gasteiger partial charge on any atom is -0.464 e. The number of benzene rings is 3. The van der Waals surface area contributed by atoms with Gasteiger partial charge in [0.25, 0.3) is 0 Å². The molecule has 0 bridgehead atoms. The van der Waals surface area contributed by atoms with Crippen molar-refractivity contribution in [1.29, 1.82) is 0 Å². The van der Waals surface area contributed by atoms with Gasteiger partial charge in [-0.1, -0.05) is 76.7 Å². The minimum atomic E-state index is -1.11. The van der Waals surface area contributed by atoms with Gasteiger partial charge in [-0.25, -0.2) is 4.79 Å². The van der Waals surface area contributed by atoms with Crippen LogP contribution in [0.2, 0.25) is 20.1 Å². The highest BCUT2D eigenvalue weighted by Crippen LogP contribution is 2.28. The lowest BCUT2D eigenvalue weighted by Crippen LogP contribution is -2.50. The quantitative estimate of drug-likeness (QED) is 0.232. The van der Waals surface area contributed by atoms with Gasteiger partial charge in [0.1, 0.15) is 6.04 Å². The molecular formula is C24H20Cl4N2O3. The second kappa shape index (κ2) is 11.6. The fourth-order valence-corrected chi connectivity index (χ4v) is 3.72. The highest BCUT2D eigenvalue weighted by molar-refractivity contribution is 6.42. The van der Waals surface area contributed by atoms with Crippen LogP contribution in [-0.4, -0.2) is 30.4 Å². The van der Waals surface area contributed by atoms with E-state index in [1.807, 2.05) is 0 Å². The van der Waals surface area contributed by atoms with Crippen LogP contribution >= 0.6 is 46.4 Å². The largest absolute Gasteiger partial charge is 0.464 e. The van der Waals surface area contributed by atoms with Gasteiger partial charge >= 0.3 is 5.97 Å². The molecule has 3 rings (SSSR count). The average Bonchev–Trinajstić information content (AvgIpc) is 2.81. The Morgan fingerprint density at radius 1 is 0.758 bits per heavy atom. The second-order valence-electron chi connectivity index (χ2n) is 6.98. The SMILES string of the molecule is CCOC(=O)[C@H](Nc1ccc(Cl)c(Cl)c1)[C@H](Nc1ccc(Cl)c(Cl)c1)C(=O)c1ccccc1. The lowest BCUT2D eigenvalue weighted by molar-refractivity contribution is -0.144. The van der Waals surface area contributed by atoms with Gasteiger partial charge < -0.3 is 15.4 Å². The molecule has 0 saturated heterocycles. The summed E-state index contributed by atoms with van der Waals surface area (Å²) in [6.45, 7) is 1.83. The van der Waals surface area contributed by atoms with E-state index in [1.165, 1.54) is 0 Å². The van der Waals surface area contributed by atoms with E-state index in [0.29, 0.717) is 37.0 Å². The van der Waals surface area contributed by atoms with Crippen molar-refractivity contribution < 1.29 is 14.3 Å². The summed E-state index contributed by atoms with van der Waals surface area (Å²) in [6.07, 6.45) is 0. The number of hydrogen-bond acceptors (Lipinski definition) is 5. The molecule has 172 valence electrons. The third-order valence-electron chi connectivity index (χ3n) is 4.70. The number of carbonyl (C=O) groups is 2. The molecule has 0 aliphatic carbocycles. The molecule has 0 aliphatic heterocycles. The molecular weight excluding hydrogens is 506 g/mol. The van der Waals surface area contributed by atoms with Crippen molar-refractivity contribution in [2.75, 3.05) is 17.2 Å². The van der Waals surface area contributed by atoms with Crippen molar-refractivity contribution in [3.05, 3.63) is 92.4 Å². The Morgan fingerprint density at radius 2 is 1.27 bits per heavy atom. The molecule has 0 spiro atoms. The predicted octanol–water partition coefficient (Wildman–Crippen LogP) is 7.01. The number of ketones is 1. The third kappa shape index (κ3) is 6.55. The Hall–Kier alpha value is -2.44. The number of rotatable bonds is 9. The van der Waals surface area contributed by atoms with E-state index in [-0.39, 0.29) is 12.4 Å². The summed E-state index contributed by atoms with van der Waals surface area (Å²) >= 11 is 24.3. The van der Waals surface area contributed by atoms with Crippen molar-refractivity contribution in [3.63, 3.8) is 0 Å². The Morgan fingerprint density at radius 3 is 1.76 bits per heavy atom. The number of hydrogen-bond donors (Lipinski definition) is 2. The first kappa shape index (κ1) is 25.2. The first-order valence-electron chi connectivity index (χ1n) is 9.99. The van der Waals surface area contributed by atoms with E-state index in [9.17, 15) is 9.59 Å². The van der Waals surface area contributed by atoms with Crippen molar-refractivity contribution >= 4 is 69.5 Å². The van der Waals surface area contributed by atoms with Gasteiger partial charge in [-0.15, -0.1) is 0 Å². The monoisotopic (exact) mass is 524 g/mol. The number of ether oxygens (including phenoxy) is 1. The lowest BCUT2D eigenvalue weighted by atomic mass is 9.96. The zero-order valence-electron chi connectivity index (χ0n) is 17.4. The molecule has 0 aromatic heterocycles. The zero-order chi connectivity index (χ0) is 24.0. The van der Waals surface area contributed by atoms with E-state index >= 15 is 0 Å². The molecule has 0 amide bonds. The highest BCUT2D eigenvalue weighted by Gasteiger charge is 2.36. The maximum atomic E-state index is 13.5. The van der Waals surface area contributed by atoms with Gasteiger partial charge in [-0.2, -0.15) is 0 Å². The summed E-state index contributed by atoms with van der Waals surface area (Å²) in [5, 5.41) is 7.51. The van der Waals surface area contributed by atoms with Crippen LogP contribution in [0.25, 0.3) is 0 Å². The second-order valence-corrected chi connectivity index (χ2v) is 8.61. The Bertz CT molecular complexity index is 1140. The Kier molecular flexibility index (Phi) is 8.87. The first-order valence-corrected chi connectivity index (χ1v) is 11.5. The van der Waals surface area contributed by atoms with Crippen LogP contribution in [-0.2, 0) is 9.53 Å². The number of Topliss-reactive ketones (excluding diaryl/α,β-unsaturated/α-hetero) is 1. The fraction of sp³-hybridized carbons (Fsp3) is 0.167. The fourth-order valence-electron chi connectivity index (χ4n) is 3.12. The molecule has 5 nitrogen and oxygen atoms in total. The number of esters is 1. The molecule has 33 heavy (non-hydrogen) atoms. The molecule has 0 saturated carbocycles. The number of nitrogens with one attached hydrogen (secondary N) is 2. The van der Waals surface area contributed by atoms with Crippen molar-refractivity contribution in [2.24, 2.45) is 0 Å². The van der Waals surface area contributed by atoms with Gasteiger partial charge in [-0.3, -0.25) is 4.79 Å². The van der Waals surface area contributed by atoms with E-state index in [0.717, 1.165) is 0 Å². The maximum absolute atomic E-state index is 13.5. The van der Waals surface area contributed by atoms with Crippen LogP contribution in [0.1, 0.15) is 17.3 Å². The number of carbonyl (C=O) groups excluding carboxylic acids is 2.